The van der Waals surface area contributed by atoms with Crippen LogP contribution in [0.3, 0.4) is 0 Å². The van der Waals surface area contributed by atoms with Crippen LogP contribution in [-0.4, -0.2) is 5.11 Å². The standard InChI is InChI=1S/C17H19NO2/c18-17(9-4-10-17)14-7-8-15(19)16(11-14)20-12-13-5-2-1-3-6-13/h1-3,5-8,11,19H,4,9-10,12,18H2. The number of aromatic hydroxyl groups is 1. The van der Waals surface area contributed by atoms with Crippen LogP contribution in [0.5, 0.6) is 11.5 Å². The third kappa shape index (κ3) is 2.49. The Bertz CT molecular complexity index is 591. The summed E-state index contributed by atoms with van der Waals surface area (Å²) in [6, 6.07) is 15.3. The lowest BCUT2D eigenvalue weighted by atomic mass is 9.73. The van der Waals surface area contributed by atoms with Crippen molar-refractivity contribution in [2.24, 2.45) is 5.73 Å². The van der Waals surface area contributed by atoms with E-state index in [-0.39, 0.29) is 11.3 Å². The van der Waals surface area contributed by atoms with Gasteiger partial charge in [-0.15, -0.1) is 0 Å². The zero-order chi connectivity index (χ0) is 14.0. The summed E-state index contributed by atoms with van der Waals surface area (Å²) >= 11 is 0. The largest absolute Gasteiger partial charge is 0.504 e. The Morgan fingerprint density at radius 3 is 2.50 bits per heavy atom. The third-order valence-electron chi connectivity index (χ3n) is 4.02. The summed E-state index contributed by atoms with van der Waals surface area (Å²) in [5.74, 6) is 0.663. The van der Waals surface area contributed by atoms with Crippen LogP contribution in [0.4, 0.5) is 0 Å². The number of phenols is 1. The SMILES string of the molecule is NC1(c2ccc(O)c(OCc3ccccc3)c2)CCC1. The van der Waals surface area contributed by atoms with E-state index < -0.39 is 0 Å². The second-order valence-corrected chi connectivity index (χ2v) is 5.47. The molecule has 0 unspecified atom stereocenters. The van der Waals surface area contributed by atoms with E-state index >= 15 is 0 Å². The van der Waals surface area contributed by atoms with Gasteiger partial charge in [-0.25, -0.2) is 0 Å². The highest BCUT2D eigenvalue weighted by molar-refractivity contribution is 5.44. The van der Waals surface area contributed by atoms with Crippen LogP contribution in [-0.2, 0) is 12.1 Å². The molecule has 1 aliphatic carbocycles. The van der Waals surface area contributed by atoms with Crippen molar-refractivity contribution in [3.05, 3.63) is 59.7 Å². The van der Waals surface area contributed by atoms with Gasteiger partial charge < -0.3 is 15.6 Å². The molecule has 0 aliphatic heterocycles. The second-order valence-electron chi connectivity index (χ2n) is 5.47. The normalized spacial score (nSPS) is 16.4. The first kappa shape index (κ1) is 13.0. The number of hydrogen-bond acceptors (Lipinski definition) is 3. The van der Waals surface area contributed by atoms with Crippen LogP contribution in [0.15, 0.2) is 48.5 Å². The lowest BCUT2D eigenvalue weighted by Crippen LogP contribution is -2.43. The fraction of sp³-hybridized carbons (Fsp3) is 0.294. The van der Waals surface area contributed by atoms with Crippen LogP contribution in [0.25, 0.3) is 0 Å². The van der Waals surface area contributed by atoms with Crippen LogP contribution in [0.1, 0.15) is 30.4 Å². The lowest BCUT2D eigenvalue weighted by Gasteiger charge is -2.38. The summed E-state index contributed by atoms with van der Waals surface area (Å²) in [6.07, 6.45) is 3.16. The Labute approximate surface area is 119 Å². The molecule has 3 N–H and O–H groups in total. The van der Waals surface area contributed by atoms with Gasteiger partial charge in [0.25, 0.3) is 0 Å². The van der Waals surface area contributed by atoms with E-state index in [2.05, 4.69) is 0 Å². The van der Waals surface area contributed by atoms with Gasteiger partial charge >= 0.3 is 0 Å². The highest BCUT2D eigenvalue weighted by atomic mass is 16.5. The van der Waals surface area contributed by atoms with Crippen LogP contribution in [0, 0.1) is 0 Å². The van der Waals surface area contributed by atoms with Crippen molar-refractivity contribution in [2.75, 3.05) is 0 Å². The molecular weight excluding hydrogens is 250 g/mol. The molecule has 3 heteroatoms. The van der Waals surface area contributed by atoms with E-state index in [1.807, 2.05) is 42.5 Å². The number of nitrogens with two attached hydrogens (primary N) is 1. The number of rotatable bonds is 4. The van der Waals surface area contributed by atoms with Gasteiger partial charge in [0.15, 0.2) is 11.5 Å². The highest BCUT2D eigenvalue weighted by Gasteiger charge is 2.34. The van der Waals surface area contributed by atoms with E-state index in [0.29, 0.717) is 12.4 Å². The van der Waals surface area contributed by atoms with E-state index in [1.54, 1.807) is 6.07 Å². The summed E-state index contributed by atoms with van der Waals surface area (Å²) in [6.45, 7) is 0.440. The molecule has 0 atom stereocenters. The third-order valence-corrected chi connectivity index (χ3v) is 4.02. The van der Waals surface area contributed by atoms with Gasteiger partial charge in [0, 0.05) is 5.54 Å². The summed E-state index contributed by atoms with van der Waals surface area (Å²) in [7, 11) is 0. The fourth-order valence-corrected chi connectivity index (χ4v) is 2.52. The zero-order valence-electron chi connectivity index (χ0n) is 11.4. The minimum Gasteiger partial charge on any atom is -0.504 e. The quantitative estimate of drug-likeness (QED) is 0.895. The molecule has 2 aromatic carbocycles. The van der Waals surface area contributed by atoms with Crippen molar-refractivity contribution in [1.82, 2.24) is 0 Å². The van der Waals surface area contributed by atoms with Gasteiger partial charge in [0.2, 0.25) is 0 Å². The van der Waals surface area contributed by atoms with Gasteiger partial charge in [-0.05, 0) is 42.5 Å². The Kier molecular flexibility index (Phi) is 3.36. The predicted octanol–water partition coefficient (Wildman–Crippen LogP) is 3.31. The lowest BCUT2D eigenvalue weighted by molar-refractivity contribution is 0.249. The molecule has 0 spiro atoms. The van der Waals surface area contributed by atoms with Crippen molar-refractivity contribution >= 4 is 0 Å². The van der Waals surface area contributed by atoms with E-state index in [4.69, 9.17) is 10.5 Å². The van der Waals surface area contributed by atoms with E-state index in [1.165, 1.54) is 0 Å². The molecule has 0 aromatic heterocycles. The van der Waals surface area contributed by atoms with Crippen molar-refractivity contribution < 1.29 is 9.84 Å². The molecule has 1 aliphatic rings. The minimum atomic E-state index is -0.238. The molecule has 0 amide bonds. The van der Waals surface area contributed by atoms with Gasteiger partial charge in [0.05, 0.1) is 0 Å². The number of ether oxygens (including phenoxy) is 1. The molecule has 0 bridgehead atoms. The van der Waals surface area contributed by atoms with Crippen molar-refractivity contribution in [1.29, 1.82) is 0 Å². The highest BCUT2D eigenvalue weighted by Crippen LogP contribution is 2.41. The smallest absolute Gasteiger partial charge is 0.161 e. The minimum absolute atomic E-state index is 0.160. The van der Waals surface area contributed by atoms with Crippen molar-refractivity contribution in [2.45, 2.75) is 31.4 Å². The Balaban J connectivity index is 1.77. The Morgan fingerprint density at radius 2 is 1.85 bits per heavy atom. The molecule has 1 saturated carbocycles. The molecule has 3 nitrogen and oxygen atoms in total. The molecule has 3 rings (SSSR count). The summed E-state index contributed by atoms with van der Waals surface area (Å²) in [4.78, 5) is 0. The average molecular weight is 269 g/mol. The van der Waals surface area contributed by atoms with Gasteiger partial charge in [-0.3, -0.25) is 0 Å². The number of benzene rings is 2. The first-order chi connectivity index (χ1) is 9.67. The Morgan fingerprint density at radius 1 is 1.10 bits per heavy atom. The van der Waals surface area contributed by atoms with Crippen molar-refractivity contribution in [3.8, 4) is 11.5 Å². The van der Waals surface area contributed by atoms with E-state index in [0.717, 1.165) is 30.4 Å². The van der Waals surface area contributed by atoms with Crippen LogP contribution < -0.4 is 10.5 Å². The molecule has 0 heterocycles. The molecule has 20 heavy (non-hydrogen) atoms. The second kappa shape index (κ2) is 5.17. The Hall–Kier alpha value is -2.00. The maximum absolute atomic E-state index is 9.90. The van der Waals surface area contributed by atoms with Crippen LogP contribution in [0.2, 0.25) is 0 Å². The molecule has 0 saturated heterocycles. The number of hydrogen-bond donors (Lipinski definition) is 2. The summed E-state index contributed by atoms with van der Waals surface area (Å²) in [5.41, 5.74) is 8.19. The van der Waals surface area contributed by atoms with Crippen molar-refractivity contribution in [3.63, 3.8) is 0 Å². The topological polar surface area (TPSA) is 55.5 Å². The molecule has 104 valence electrons. The maximum atomic E-state index is 9.90. The maximum Gasteiger partial charge on any atom is 0.161 e. The van der Waals surface area contributed by atoms with Gasteiger partial charge in [-0.2, -0.15) is 0 Å². The predicted molar refractivity (Wildman–Crippen MR) is 78.6 cm³/mol. The zero-order valence-corrected chi connectivity index (χ0v) is 11.4. The first-order valence-corrected chi connectivity index (χ1v) is 6.96. The summed E-state index contributed by atoms with van der Waals surface area (Å²) < 4.78 is 5.72. The monoisotopic (exact) mass is 269 g/mol. The molecular formula is C17H19NO2. The van der Waals surface area contributed by atoms with Gasteiger partial charge in [-0.1, -0.05) is 36.4 Å². The average Bonchev–Trinajstić information content (AvgIpc) is 2.45. The fourth-order valence-electron chi connectivity index (χ4n) is 2.52. The first-order valence-electron chi connectivity index (χ1n) is 6.96. The van der Waals surface area contributed by atoms with E-state index in [9.17, 15) is 5.11 Å². The summed E-state index contributed by atoms with van der Waals surface area (Å²) in [5, 5.41) is 9.90. The molecule has 0 radical (unpaired) electrons. The van der Waals surface area contributed by atoms with Gasteiger partial charge in [0.1, 0.15) is 6.61 Å². The molecule has 1 fully saturated rings. The molecule has 2 aromatic rings. The number of phenolic OH excluding ortho intramolecular Hbond substituents is 1. The van der Waals surface area contributed by atoms with Crippen LogP contribution >= 0.6 is 0 Å².